The molecule has 0 aliphatic heterocycles. The quantitative estimate of drug-likeness (QED) is 0.506. The number of hydrogen-bond acceptors (Lipinski definition) is 0. The van der Waals surface area contributed by atoms with Gasteiger partial charge in [0.1, 0.15) is 0 Å². The second-order valence-electron chi connectivity index (χ2n) is 9.42. The summed E-state index contributed by atoms with van der Waals surface area (Å²) in [5.41, 5.74) is 2.50. The van der Waals surface area contributed by atoms with Gasteiger partial charge in [0, 0.05) is 5.92 Å². The van der Waals surface area contributed by atoms with Gasteiger partial charge in [0.05, 0.1) is 0 Å². The third-order valence-electron chi connectivity index (χ3n) is 6.57. The molecule has 3 aliphatic rings. The summed E-state index contributed by atoms with van der Waals surface area (Å²) in [4.78, 5) is 0. The van der Waals surface area contributed by atoms with E-state index in [1.165, 1.54) is 24.8 Å². The molecule has 21 heavy (non-hydrogen) atoms. The lowest BCUT2D eigenvalue weighted by molar-refractivity contribution is 0.0848. The molecule has 0 nitrogen and oxygen atoms in total. The Hall–Kier alpha value is -0.780. The summed E-state index contributed by atoms with van der Waals surface area (Å²) in [6, 6.07) is 0. The van der Waals surface area contributed by atoms with Crippen LogP contribution in [0.3, 0.4) is 0 Å². The minimum absolute atomic E-state index is 0.272. The molecule has 0 amide bonds. The first kappa shape index (κ1) is 15.1. The van der Waals surface area contributed by atoms with Crippen LogP contribution >= 0.6 is 0 Å². The molecule has 3 rings (SSSR count). The average Bonchev–Trinajstić information content (AvgIpc) is 3.02. The third kappa shape index (κ3) is 2.35. The molecule has 0 saturated heterocycles. The third-order valence-corrected chi connectivity index (χ3v) is 6.57. The van der Waals surface area contributed by atoms with E-state index in [9.17, 15) is 0 Å². The van der Waals surface area contributed by atoms with Crippen LogP contribution in [0.15, 0.2) is 36.0 Å². The Bertz CT molecular complexity index is 509. The zero-order valence-electron chi connectivity index (χ0n) is 14.7. The molecule has 4 atom stereocenters. The zero-order chi connectivity index (χ0) is 15.5. The van der Waals surface area contributed by atoms with Gasteiger partial charge < -0.3 is 0 Å². The number of fused-ring (bicyclic) bond motifs is 1. The Labute approximate surface area is 131 Å². The van der Waals surface area contributed by atoms with Gasteiger partial charge in [0.15, 0.2) is 0 Å². The van der Waals surface area contributed by atoms with Crippen LogP contribution in [-0.4, -0.2) is 0 Å². The number of rotatable bonds is 1. The monoisotopic (exact) mass is 284 g/mol. The molecule has 0 heterocycles. The second kappa shape index (κ2) is 4.61. The smallest absolute Gasteiger partial charge is 0.00470 e. The molecular weight excluding hydrogens is 252 g/mol. The number of hydrogen-bond donors (Lipinski definition) is 0. The Morgan fingerprint density at radius 2 is 1.67 bits per heavy atom. The highest BCUT2D eigenvalue weighted by atomic mass is 14.6. The maximum absolute atomic E-state index is 2.57. The molecule has 0 spiro atoms. The summed E-state index contributed by atoms with van der Waals surface area (Å²) in [6.45, 7) is 14.4. The average molecular weight is 284 g/mol. The van der Waals surface area contributed by atoms with Gasteiger partial charge in [-0.25, -0.2) is 0 Å². The van der Waals surface area contributed by atoms with Crippen molar-refractivity contribution in [3.05, 3.63) is 36.0 Å². The largest absolute Gasteiger partial charge is 0.0820 e. The Kier molecular flexibility index (Phi) is 3.32. The van der Waals surface area contributed by atoms with Gasteiger partial charge in [-0.15, -0.1) is 0 Å². The van der Waals surface area contributed by atoms with Gasteiger partial charge in [0.2, 0.25) is 0 Å². The topological polar surface area (TPSA) is 0 Å². The van der Waals surface area contributed by atoms with Crippen molar-refractivity contribution < 1.29 is 0 Å². The minimum atomic E-state index is 0.272. The van der Waals surface area contributed by atoms with E-state index in [2.05, 4.69) is 71.9 Å². The minimum Gasteiger partial charge on any atom is -0.0820 e. The van der Waals surface area contributed by atoms with Crippen molar-refractivity contribution in [2.24, 2.45) is 34.0 Å². The molecule has 1 fully saturated rings. The van der Waals surface area contributed by atoms with Crippen LogP contribution in [0.25, 0.3) is 0 Å². The standard InChI is InChI=1S/C21H32/c1-19(2,3)15-10-11-16(14-15)21(6)13-12-20(4,5)17-8-7-9-18(17)21/h10-14,16-18H,7-9H2,1-6H3. The van der Waals surface area contributed by atoms with Crippen molar-refractivity contribution in [3.8, 4) is 0 Å². The summed E-state index contributed by atoms with van der Waals surface area (Å²) in [7, 11) is 0. The SMILES string of the molecule is CC(C)(C)C1=CC(C2(C)C=CC(C)(C)C3CCCC32)C=C1. The first-order chi connectivity index (χ1) is 9.64. The molecule has 0 aromatic rings. The number of allylic oxidation sites excluding steroid dienone is 6. The summed E-state index contributed by atoms with van der Waals surface area (Å²) in [5, 5.41) is 0. The molecule has 0 N–H and O–H groups in total. The molecule has 3 aliphatic carbocycles. The lowest BCUT2D eigenvalue weighted by Crippen LogP contribution is -2.42. The van der Waals surface area contributed by atoms with Gasteiger partial charge >= 0.3 is 0 Å². The van der Waals surface area contributed by atoms with Gasteiger partial charge in [0.25, 0.3) is 0 Å². The van der Waals surface area contributed by atoms with Gasteiger partial charge in [-0.1, -0.05) is 78.3 Å². The normalized spacial score (nSPS) is 41.2. The zero-order valence-corrected chi connectivity index (χ0v) is 14.7. The molecular formula is C21H32. The van der Waals surface area contributed by atoms with E-state index < -0.39 is 0 Å². The fourth-order valence-corrected chi connectivity index (χ4v) is 4.99. The van der Waals surface area contributed by atoms with E-state index in [4.69, 9.17) is 0 Å². The van der Waals surface area contributed by atoms with Crippen LogP contribution in [0, 0.1) is 34.0 Å². The maximum Gasteiger partial charge on any atom is 0.00470 e. The van der Waals surface area contributed by atoms with Crippen molar-refractivity contribution in [2.45, 2.75) is 60.8 Å². The lowest BCUT2D eigenvalue weighted by Gasteiger charge is -2.49. The van der Waals surface area contributed by atoms with Crippen LogP contribution in [0.1, 0.15) is 60.8 Å². The van der Waals surface area contributed by atoms with Crippen LogP contribution in [-0.2, 0) is 0 Å². The Morgan fingerprint density at radius 1 is 1.00 bits per heavy atom. The molecule has 0 aromatic carbocycles. The highest BCUT2D eigenvalue weighted by Crippen LogP contribution is 2.59. The molecule has 0 bridgehead atoms. The van der Waals surface area contributed by atoms with Crippen LogP contribution in [0.2, 0.25) is 0 Å². The van der Waals surface area contributed by atoms with Crippen molar-refractivity contribution in [2.75, 3.05) is 0 Å². The van der Waals surface area contributed by atoms with Crippen molar-refractivity contribution >= 4 is 0 Å². The van der Waals surface area contributed by atoms with Crippen molar-refractivity contribution in [1.29, 1.82) is 0 Å². The fraction of sp³-hybridized carbons (Fsp3) is 0.714. The van der Waals surface area contributed by atoms with E-state index in [-0.39, 0.29) is 5.41 Å². The van der Waals surface area contributed by atoms with Crippen LogP contribution in [0.5, 0.6) is 0 Å². The fourth-order valence-electron chi connectivity index (χ4n) is 4.99. The highest BCUT2D eigenvalue weighted by Gasteiger charge is 2.51. The first-order valence-corrected chi connectivity index (χ1v) is 8.75. The van der Waals surface area contributed by atoms with Gasteiger partial charge in [-0.3, -0.25) is 0 Å². The first-order valence-electron chi connectivity index (χ1n) is 8.75. The maximum atomic E-state index is 2.57. The second-order valence-corrected chi connectivity index (χ2v) is 9.42. The molecule has 0 aromatic heterocycles. The summed E-state index contributed by atoms with van der Waals surface area (Å²) in [6.07, 6.45) is 16.8. The van der Waals surface area contributed by atoms with E-state index in [1.807, 2.05) is 0 Å². The van der Waals surface area contributed by atoms with Crippen molar-refractivity contribution in [1.82, 2.24) is 0 Å². The van der Waals surface area contributed by atoms with Crippen LogP contribution in [0.4, 0.5) is 0 Å². The van der Waals surface area contributed by atoms with E-state index in [0.29, 0.717) is 16.7 Å². The molecule has 4 unspecified atom stereocenters. The lowest BCUT2D eigenvalue weighted by atomic mass is 9.55. The molecule has 116 valence electrons. The highest BCUT2D eigenvalue weighted by molar-refractivity contribution is 5.37. The van der Waals surface area contributed by atoms with Crippen molar-refractivity contribution in [3.63, 3.8) is 0 Å². The van der Waals surface area contributed by atoms with E-state index >= 15 is 0 Å². The van der Waals surface area contributed by atoms with Gasteiger partial charge in [-0.05, 0) is 46.5 Å². The van der Waals surface area contributed by atoms with Crippen LogP contribution < -0.4 is 0 Å². The summed E-state index contributed by atoms with van der Waals surface area (Å²) < 4.78 is 0. The predicted molar refractivity (Wildman–Crippen MR) is 92.0 cm³/mol. The molecule has 0 heteroatoms. The van der Waals surface area contributed by atoms with E-state index in [1.54, 1.807) is 0 Å². The predicted octanol–water partition coefficient (Wildman–Crippen LogP) is 6.16. The summed E-state index contributed by atoms with van der Waals surface area (Å²) in [5.74, 6) is 2.31. The van der Waals surface area contributed by atoms with E-state index in [0.717, 1.165) is 11.8 Å². The Balaban J connectivity index is 1.95. The van der Waals surface area contributed by atoms with Gasteiger partial charge in [-0.2, -0.15) is 0 Å². The molecule has 0 radical (unpaired) electrons. The summed E-state index contributed by atoms with van der Waals surface area (Å²) >= 11 is 0. The Morgan fingerprint density at radius 3 is 2.29 bits per heavy atom. The molecule has 1 saturated carbocycles.